The number of hydrogen-bond donors (Lipinski definition) is 1. The number of nitro benzene ring substituents is 3. The molecule has 4 aliphatic rings. The zero-order valence-electron chi connectivity index (χ0n) is 21.2. The van der Waals surface area contributed by atoms with Crippen LogP contribution in [-0.2, 0) is 16.6 Å². The molecule has 39 heavy (non-hydrogen) atoms. The molecule has 14 nitrogen and oxygen atoms in total. The van der Waals surface area contributed by atoms with E-state index in [0.717, 1.165) is 36.6 Å². The average molecular weight is 540 g/mol. The number of aromatic hydroxyl groups is 1. The van der Waals surface area contributed by atoms with Crippen molar-refractivity contribution in [2.75, 3.05) is 27.8 Å². The Hall–Kier alpha value is -4.72. The number of nitro groups is 3. The second kappa shape index (κ2) is 9.23. The number of nitrogens with zero attached hydrogens (tertiary/aromatic N) is 4. The van der Waals surface area contributed by atoms with Gasteiger partial charge in [0.15, 0.2) is 17.6 Å². The van der Waals surface area contributed by atoms with Gasteiger partial charge in [0.05, 0.1) is 46.5 Å². The number of hydrogen-bond acceptors (Lipinski definition) is 11. The number of likely N-dealkylation sites (tertiary alicyclic amines) is 1. The molecule has 0 saturated carbocycles. The molecule has 14 heteroatoms. The quantitative estimate of drug-likeness (QED) is 0.433. The first-order valence-corrected chi connectivity index (χ1v) is 11.9. The van der Waals surface area contributed by atoms with Gasteiger partial charge in [0.2, 0.25) is 0 Å². The largest absolute Gasteiger partial charge is 0.497 e. The van der Waals surface area contributed by atoms with Gasteiger partial charge in [-0.1, -0.05) is 12.1 Å². The number of non-ortho nitro benzene ring substituents is 1. The van der Waals surface area contributed by atoms with Crippen LogP contribution in [0.2, 0.25) is 0 Å². The molecule has 2 aromatic rings. The van der Waals surface area contributed by atoms with Gasteiger partial charge in [0.1, 0.15) is 5.76 Å². The Morgan fingerprint density at radius 1 is 1.03 bits per heavy atom. The maximum atomic E-state index is 10.4. The first-order chi connectivity index (χ1) is 18.5. The summed E-state index contributed by atoms with van der Waals surface area (Å²) in [4.78, 5) is 30.2. The fraction of sp³-hybridized carbons (Fsp3) is 0.360. The normalized spacial score (nSPS) is 23.7. The highest BCUT2D eigenvalue weighted by Gasteiger charge is 2.62. The molecule has 3 atom stereocenters. The topological polar surface area (TPSA) is 181 Å². The van der Waals surface area contributed by atoms with E-state index < -0.39 is 37.6 Å². The first kappa shape index (κ1) is 25.9. The predicted molar refractivity (Wildman–Crippen MR) is 135 cm³/mol. The maximum absolute atomic E-state index is 10.4. The molecule has 2 aliphatic carbocycles. The fourth-order valence-electron chi connectivity index (χ4n) is 6.07. The van der Waals surface area contributed by atoms with Gasteiger partial charge >= 0.3 is 11.4 Å². The summed E-state index contributed by atoms with van der Waals surface area (Å²) in [5.74, 6) is 1.47. The number of piperidine rings is 1. The van der Waals surface area contributed by atoms with Crippen LogP contribution in [0.3, 0.4) is 0 Å². The summed E-state index contributed by atoms with van der Waals surface area (Å²) in [6, 6.07) is 5.61. The lowest BCUT2D eigenvalue weighted by Crippen LogP contribution is -2.58. The summed E-state index contributed by atoms with van der Waals surface area (Å²) < 4.78 is 17.7. The van der Waals surface area contributed by atoms with Crippen LogP contribution in [0.4, 0.5) is 17.1 Å². The third-order valence-electron chi connectivity index (χ3n) is 7.82. The van der Waals surface area contributed by atoms with Crippen LogP contribution in [0.1, 0.15) is 17.5 Å². The van der Waals surface area contributed by atoms with E-state index in [2.05, 4.69) is 30.2 Å². The first-order valence-electron chi connectivity index (χ1n) is 11.9. The predicted octanol–water partition coefficient (Wildman–Crippen LogP) is 3.54. The van der Waals surface area contributed by atoms with Crippen LogP contribution < -0.4 is 9.47 Å². The summed E-state index contributed by atoms with van der Waals surface area (Å²) in [5, 5.41) is 40.2. The molecule has 0 unspecified atom stereocenters. The van der Waals surface area contributed by atoms with Gasteiger partial charge in [-0.25, -0.2) is 0 Å². The Labute approximate surface area is 221 Å². The lowest BCUT2D eigenvalue weighted by molar-refractivity contribution is -0.404. The summed E-state index contributed by atoms with van der Waals surface area (Å²) in [6.07, 6.45) is 6.41. The van der Waals surface area contributed by atoms with E-state index in [1.807, 2.05) is 6.07 Å². The SMILES string of the molecule is COC1=CC=C2[C@H]3Cc4ccc(OC)c5c4[C@@]2(CCN3C)[C@H]1O5.O=[N+]([O-])c1cc([N+](=O)[O-])c(O)c([N+](=O)[O-])c1. The molecular weight excluding hydrogens is 516 g/mol. The van der Waals surface area contributed by atoms with Crippen molar-refractivity contribution in [1.29, 1.82) is 0 Å². The van der Waals surface area contributed by atoms with E-state index in [4.69, 9.17) is 19.3 Å². The highest BCUT2D eigenvalue weighted by atomic mass is 16.6. The molecule has 1 spiro atoms. The van der Waals surface area contributed by atoms with Crippen molar-refractivity contribution in [3.05, 3.63) is 89.2 Å². The second-order valence-corrected chi connectivity index (χ2v) is 9.55. The minimum absolute atomic E-state index is 0.0611. The van der Waals surface area contributed by atoms with Crippen molar-refractivity contribution < 1.29 is 34.1 Å². The van der Waals surface area contributed by atoms with Crippen LogP contribution in [0.25, 0.3) is 0 Å². The third-order valence-corrected chi connectivity index (χ3v) is 7.82. The average Bonchev–Trinajstić information content (AvgIpc) is 3.25. The monoisotopic (exact) mass is 540 g/mol. The van der Waals surface area contributed by atoms with E-state index in [9.17, 15) is 30.3 Å². The molecule has 0 amide bonds. The Morgan fingerprint density at radius 3 is 2.26 bits per heavy atom. The standard InChI is InChI=1S/C19H21NO3.C6H3N3O7/c1-20-9-8-19-12-5-7-15(22-3)18(19)23-17-14(21-2)6-4-11(16(17)19)10-13(12)20;10-6-4(8(13)14)1-3(7(11)12)2-5(6)9(15)16/h4-7,13,18H,8-10H2,1-3H3;1-2,10H/t13-,18+,19+;/m1./s1. The molecule has 1 saturated heterocycles. The molecule has 1 N–H and O–H groups in total. The molecule has 204 valence electrons. The van der Waals surface area contributed by atoms with E-state index in [1.54, 1.807) is 14.2 Å². The third kappa shape index (κ3) is 3.74. The number of allylic oxidation sites excluding steroid dienone is 2. The number of methoxy groups -OCH3 is 2. The number of phenolic OH excluding ortho intramolecular Hbond substituents is 1. The minimum atomic E-state index is -1.21. The summed E-state index contributed by atoms with van der Waals surface area (Å²) >= 11 is 0. The van der Waals surface area contributed by atoms with Gasteiger partial charge in [-0.15, -0.1) is 0 Å². The molecule has 1 fully saturated rings. The van der Waals surface area contributed by atoms with Crippen LogP contribution in [-0.4, -0.2) is 64.7 Å². The van der Waals surface area contributed by atoms with Crippen LogP contribution >= 0.6 is 0 Å². The molecule has 0 aromatic heterocycles. The van der Waals surface area contributed by atoms with Crippen molar-refractivity contribution in [3.8, 4) is 17.2 Å². The molecule has 2 aliphatic heterocycles. The van der Waals surface area contributed by atoms with Gasteiger partial charge in [0, 0.05) is 11.6 Å². The van der Waals surface area contributed by atoms with Crippen molar-refractivity contribution in [1.82, 2.24) is 4.90 Å². The summed E-state index contributed by atoms with van der Waals surface area (Å²) in [6.45, 7) is 1.08. The lowest BCUT2D eigenvalue weighted by atomic mass is 9.57. The Morgan fingerprint density at radius 2 is 1.69 bits per heavy atom. The van der Waals surface area contributed by atoms with Crippen molar-refractivity contribution in [3.63, 3.8) is 0 Å². The van der Waals surface area contributed by atoms with Gasteiger partial charge in [-0.05, 0) is 49.7 Å². The molecule has 2 aromatic carbocycles. The number of ether oxygens (including phenoxy) is 3. The van der Waals surface area contributed by atoms with Gasteiger partial charge in [-0.3, -0.25) is 35.2 Å². The van der Waals surface area contributed by atoms with Gasteiger partial charge < -0.3 is 19.3 Å². The molecule has 2 heterocycles. The Kier molecular flexibility index (Phi) is 6.13. The zero-order valence-corrected chi connectivity index (χ0v) is 21.2. The second-order valence-electron chi connectivity index (χ2n) is 9.55. The summed E-state index contributed by atoms with van der Waals surface area (Å²) in [7, 11) is 5.68. The number of phenols is 1. The zero-order chi connectivity index (χ0) is 28.2. The fourth-order valence-corrected chi connectivity index (χ4v) is 6.07. The maximum Gasteiger partial charge on any atom is 0.324 e. The number of likely N-dealkylation sites (N-methyl/N-ethyl adjacent to an activating group) is 1. The van der Waals surface area contributed by atoms with E-state index in [-0.39, 0.29) is 11.5 Å². The van der Waals surface area contributed by atoms with E-state index in [0.29, 0.717) is 18.2 Å². The smallest absolute Gasteiger partial charge is 0.324 e. The highest BCUT2D eigenvalue weighted by molar-refractivity contribution is 5.68. The lowest BCUT2D eigenvalue weighted by Gasteiger charge is -2.52. The van der Waals surface area contributed by atoms with Crippen LogP contribution in [0.15, 0.2) is 47.7 Å². The van der Waals surface area contributed by atoms with Crippen molar-refractivity contribution >= 4 is 17.1 Å². The Balaban J connectivity index is 0.000000171. The summed E-state index contributed by atoms with van der Waals surface area (Å²) in [5.41, 5.74) is 1.15. The van der Waals surface area contributed by atoms with Gasteiger partial charge in [0.25, 0.3) is 11.4 Å². The van der Waals surface area contributed by atoms with Crippen LogP contribution in [0.5, 0.6) is 17.2 Å². The van der Waals surface area contributed by atoms with Crippen LogP contribution in [0, 0.1) is 30.3 Å². The molecule has 0 radical (unpaired) electrons. The Bertz CT molecular complexity index is 1450. The van der Waals surface area contributed by atoms with E-state index in [1.165, 1.54) is 16.7 Å². The van der Waals surface area contributed by atoms with Crippen molar-refractivity contribution in [2.45, 2.75) is 30.4 Å². The van der Waals surface area contributed by atoms with E-state index >= 15 is 0 Å². The number of benzene rings is 2. The molecule has 6 rings (SSSR count). The van der Waals surface area contributed by atoms with Gasteiger partial charge in [-0.2, -0.15) is 0 Å². The molecule has 2 bridgehead atoms. The molecular formula is C25H24N4O10. The van der Waals surface area contributed by atoms with Crippen molar-refractivity contribution in [2.24, 2.45) is 0 Å². The highest BCUT2D eigenvalue weighted by Crippen LogP contribution is 2.62. The minimum Gasteiger partial charge on any atom is -0.497 e. The number of rotatable bonds is 5.